The first-order valence-electron chi connectivity index (χ1n) is 6.12. The molecule has 1 aromatic rings. The van der Waals surface area contributed by atoms with Gasteiger partial charge in [-0.2, -0.15) is 0 Å². The van der Waals surface area contributed by atoms with Crippen LogP contribution in [-0.2, 0) is 11.2 Å². The molecule has 0 spiro atoms. The van der Waals surface area contributed by atoms with Crippen LogP contribution in [0, 0.1) is 0 Å². The summed E-state index contributed by atoms with van der Waals surface area (Å²) < 4.78 is 0. The molecule has 0 aliphatic rings. The highest BCUT2D eigenvalue weighted by atomic mass is 35.5. The number of halogens is 2. The summed E-state index contributed by atoms with van der Waals surface area (Å²) in [5.74, 6) is -0.982. The molecule has 0 saturated carbocycles. The topological polar surface area (TPSA) is 66.6 Å². The lowest BCUT2D eigenvalue weighted by atomic mass is 10.1. The monoisotopic (exact) mass is 332 g/mol. The van der Waals surface area contributed by atoms with Crippen LogP contribution in [0.4, 0.5) is 5.69 Å². The van der Waals surface area contributed by atoms with E-state index in [1.165, 1.54) is 0 Å². The van der Waals surface area contributed by atoms with E-state index in [4.69, 9.17) is 10.8 Å². The summed E-state index contributed by atoms with van der Waals surface area (Å²) in [4.78, 5) is 12.8. The molecule has 3 N–H and O–H groups in total. The van der Waals surface area contributed by atoms with Crippen molar-refractivity contribution in [3.05, 3.63) is 55.1 Å². The molecule has 0 saturated heterocycles. The van der Waals surface area contributed by atoms with Gasteiger partial charge in [0, 0.05) is 18.8 Å². The second-order valence-corrected chi connectivity index (χ2v) is 4.30. The number of carbonyl (C=O) groups is 1. The SMILES string of the molecule is C=CCN(CC=C)c1ccc(C[C@@H](N)C(=O)O)cc1.Cl.Cl. The number of rotatable bonds is 8. The Morgan fingerprint density at radius 3 is 2.05 bits per heavy atom. The Morgan fingerprint density at radius 2 is 1.67 bits per heavy atom. The van der Waals surface area contributed by atoms with E-state index in [2.05, 4.69) is 18.1 Å². The molecule has 0 aliphatic heterocycles. The summed E-state index contributed by atoms with van der Waals surface area (Å²) in [6.45, 7) is 8.93. The molecule has 0 amide bonds. The molecule has 0 unspecified atom stereocenters. The first-order valence-corrected chi connectivity index (χ1v) is 6.12. The van der Waals surface area contributed by atoms with Crippen LogP contribution < -0.4 is 10.6 Å². The minimum Gasteiger partial charge on any atom is -0.480 e. The standard InChI is InChI=1S/C15H20N2O2.2ClH/c1-3-9-17(10-4-2)13-7-5-12(6-8-13)11-14(16)15(18)19;;/h3-8,14H,1-2,9-11,16H2,(H,18,19);2*1H/t14-;;/m1../s1. The van der Waals surface area contributed by atoms with Crippen molar-refractivity contribution in [3.8, 4) is 0 Å². The fourth-order valence-corrected chi connectivity index (χ4v) is 1.78. The van der Waals surface area contributed by atoms with Crippen molar-refractivity contribution in [1.82, 2.24) is 0 Å². The summed E-state index contributed by atoms with van der Waals surface area (Å²) in [6, 6.07) is 6.85. The Bertz CT molecular complexity index is 439. The molecule has 0 aliphatic carbocycles. The zero-order valence-corrected chi connectivity index (χ0v) is 13.4. The van der Waals surface area contributed by atoms with E-state index in [0.29, 0.717) is 6.42 Å². The van der Waals surface area contributed by atoms with Gasteiger partial charge in [0.1, 0.15) is 6.04 Å². The maximum Gasteiger partial charge on any atom is 0.320 e. The lowest BCUT2D eigenvalue weighted by Gasteiger charge is -2.21. The molecule has 4 nitrogen and oxygen atoms in total. The van der Waals surface area contributed by atoms with Crippen LogP contribution in [0.15, 0.2) is 49.6 Å². The molecular formula is C15H22Cl2N2O2. The van der Waals surface area contributed by atoms with E-state index >= 15 is 0 Å². The van der Waals surface area contributed by atoms with Crippen molar-refractivity contribution < 1.29 is 9.90 Å². The van der Waals surface area contributed by atoms with Crippen LogP contribution in [0.1, 0.15) is 5.56 Å². The van der Waals surface area contributed by atoms with E-state index in [1.807, 2.05) is 36.4 Å². The Labute approximate surface area is 138 Å². The molecular weight excluding hydrogens is 311 g/mol. The van der Waals surface area contributed by atoms with E-state index in [0.717, 1.165) is 24.3 Å². The van der Waals surface area contributed by atoms with Gasteiger partial charge in [-0.3, -0.25) is 4.79 Å². The Hall–Kier alpha value is -1.49. The minimum atomic E-state index is -0.982. The lowest BCUT2D eigenvalue weighted by molar-refractivity contribution is -0.138. The van der Waals surface area contributed by atoms with Crippen molar-refractivity contribution in [2.24, 2.45) is 5.73 Å². The normalized spacial score (nSPS) is 10.5. The van der Waals surface area contributed by atoms with Crippen LogP contribution in [0.5, 0.6) is 0 Å². The van der Waals surface area contributed by atoms with Crippen LogP contribution in [0.25, 0.3) is 0 Å². The molecule has 1 atom stereocenters. The van der Waals surface area contributed by atoms with E-state index in [9.17, 15) is 4.79 Å². The maximum absolute atomic E-state index is 10.7. The first-order chi connectivity index (χ1) is 9.08. The van der Waals surface area contributed by atoms with Gasteiger partial charge in [0.2, 0.25) is 0 Å². The number of benzene rings is 1. The number of nitrogens with two attached hydrogens (primary N) is 1. The van der Waals surface area contributed by atoms with Crippen LogP contribution in [0.2, 0.25) is 0 Å². The largest absolute Gasteiger partial charge is 0.480 e. The maximum atomic E-state index is 10.7. The number of carboxylic acids is 1. The molecule has 6 heteroatoms. The predicted octanol–water partition coefficient (Wildman–Crippen LogP) is 2.66. The number of hydrogen-bond acceptors (Lipinski definition) is 3. The van der Waals surface area contributed by atoms with Gasteiger partial charge in [0.15, 0.2) is 0 Å². The Kier molecular flexibility index (Phi) is 11.6. The van der Waals surface area contributed by atoms with Crippen molar-refractivity contribution in [1.29, 1.82) is 0 Å². The summed E-state index contributed by atoms with van der Waals surface area (Å²) in [6.07, 6.45) is 3.99. The Balaban J connectivity index is 0. The molecule has 0 aromatic heterocycles. The van der Waals surface area contributed by atoms with Crippen LogP contribution in [-0.4, -0.2) is 30.2 Å². The average molecular weight is 333 g/mol. The number of hydrogen-bond donors (Lipinski definition) is 2. The van der Waals surface area contributed by atoms with Gasteiger partial charge in [-0.15, -0.1) is 38.0 Å². The van der Waals surface area contributed by atoms with E-state index in [-0.39, 0.29) is 24.8 Å². The van der Waals surface area contributed by atoms with Gasteiger partial charge in [-0.05, 0) is 24.1 Å². The number of anilines is 1. The first kappa shape index (κ1) is 21.8. The fourth-order valence-electron chi connectivity index (χ4n) is 1.78. The molecule has 0 fully saturated rings. The third-order valence-electron chi connectivity index (χ3n) is 2.77. The molecule has 1 rings (SSSR count). The fraction of sp³-hybridized carbons (Fsp3) is 0.267. The highest BCUT2D eigenvalue weighted by Gasteiger charge is 2.12. The van der Waals surface area contributed by atoms with Gasteiger partial charge in [0.25, 0.3) is 0 Å². The third kappa shape index (κ3) is 7.18. The van der Waals surface area contributed by atoms with Gasteiger partial charge in [-0.25, -0.2) is 0 Å². The zero-order valence-electron chi connectivity index (χ0n) is 11.8. The van der Waals surface area contributed by atoms with Crippen molar-refractivity contribution in [3.63, 3.8) is 0 Å². The quantitative estimate of drug-likeness (QED) is 0.718. The highest BCUT2D eigenvalue weighted by Crippen LogP contribution is 2.16. The molecule has 118 valence electrons. The smallest absolute Gasteiger partial charge is 0.320 e. The molecule has 0 radical (unpaired) electrons. The second-order valence-electron chi connectivity index (χ2n) is 4.30. The van der Waals surface area contributed by atoms with Gasteiger partial charge < -0.3 is 15.7 Å². The number of carboxylic acid groups (broad SMARTS) is 1. The minimum absolute atomic E-state index is 0. The molecule has 1 aromatic carbocycles. The molecule has 21 heavy (non-hydrogen) atoms. The van der Waals surface area contributed by atoms with E-state index < -0.39 is 12.0 Å². The van der Waals surface area contributed by atoms with Gasteiger partial charge in [0.05, 0.1) is 0 Å². The third-order valence-corrected chi connectivity index (χ3v) is 2.77. The number of aliphatic carboxylic acids is 1. The summed E-state index contributed by atoms with van der Waals surface area (Å²) in [5, 5.41) is 8.77. The van der Waals surface area contributed by atoms with E-state index in [1.54, 1.807) is 0 Å². The van der Waals surface area contributed by atoms with Crippen molar-refractivity contribution in [2.45, 2.75) is 12.5 Å². The van der Waals surface area contributed by atoms with Crippen molar-refractivity contribution >= 4 is 36.5 Å². The zero-order chi connectivity index (χ0) is 14.3. The molecule has 0 heterocycles. The summed E-state index contributed by atoms with van der Waals surface area (Å²) >= 11 is 0. The number of nitrogens with zero attached hydrogens (tertiary/aromatic N) is 1. The van der Waals surface area contributed by atoms with Gasteiger partial charge >= 0.3 is 5.97 Å². The Morgan fingerprint density at radius 1 is 1.19 bits per heavy atom. The highest BCUT2D eigenvalue weighted by molar-refractivity contribution is 5.85. The average Bonchev–Trinajstić information content (AvgIpc) is 2.39. The second kappa shape index (κ2) is 11.2. The predicted molar refractivity (Wildman–Crippen MR) is 92.9 cm³/mol. The van der Waals surface area contributed by atoms with Crippen LogP contribution >= 0.6 is 24.8 Å². The molecule has 0 bridgehead atoms. The van der Waals surface area contributed by atoms with Crippen LogP contribution in [0.3, 0.4) is 0 Å². The van der Waals surface area contributed by atoms with Crippen molar-refractivity contribution in [2.75, 3.05) is 18.0 Å². The lowest BCUT2D eigenvalue weighted by Crippen LogP contribution is -2.32. The summed E-state index contributed by atoms with van der Waals surface area (Å²) in [5.41, 5.74) is 7.47. The summed E-state index contributed by atoms with van der Waals surface area (Å²) in [7, 11) is 0. The van der Waals surface area contributed by atoms with Gasteiger partial charge in [-0.1, -0.05) is 24.3 Å².